The number of nitrogens with one attached hydrogen (secondary N) is 1. The summed E-state index contributed by atoms with van der Waals surface area (Å²) in [4.78, 5) is 31.4. The molecular formula is C17H12BrFN4O3S. The molecule has 2 heterocycles. The SMILES string of the molecule is NC(=O)c1cccnc1Oc1ccc(CC(=O)Nc2nc(Br)cs2)cc1F. The van der Waals surface area contributed by atoms with Crippen LogP contribution in [-0.4, -0.2) is 21.8 Å². The lowest BCUT2D eigenvalue weighted by Crippen LogP contribution is -2.14. The standard InChI is InChI=1S/C17H12BrFN4O3S/c18-13-8-27-17(22-13)23-14(24)7-9-3-4-12(11(19)6-9)26-16-10(15(20)25)2-1-5-21-16/h1-6,8H,7H2,(H2,20,25)(H,22,23,24). The van der Waals surface area contributed by atoms with Gasteiger partial charge in [0, 0.05) is 11.6 Å². The molecule has 0 unspecified atom stereocenters. The van der Waals surface area contributed by atoms with Crippen molar-refractivity contribution in [2.45, 2.75) is 6.42 Å². The molecule has 0 atom stereocenters. The number of pyridine rings is 1. The van der Waals surface area contributed by atoms with Gasteiger partial charge in [0.2, 0.25) is 11.8 Å². The molecule has 2 amide bonds. The van der Waals surface area contributed by atoms with Gasteiger partial charge in [-0.2, -0.15) is 0 Å². The zero-order chi connectivity index (χ0) is 19.4. The quantitative estimate of drug-likeness (QED) is 0.597. The predicted octanol–water partition coefficient (Wildman–Crippen LogP) is 3.51. The average molecular weight is 451 g/mol. The molecule has 0 radical (unpaired) electrons. The summed E-state index contributed by atoms with van der Waals surface area (Å²) in [6.45, 7) is 0. The van der Waals surface area contributed by atoms with Crippen LogP contribution in [0.25, 0.3) is 0 Å². The first-order chi connectivity index (χ1) is 12.9. The number of halogens is 2. The van der Waals surface area contributed by atoms with Crippen molar-refractivity contribution in [3.8, 4) is 11.6 Å². The molecular weight excluding hydrogens is 439 g/mol. The van der Waals surface area contributed by atoms with E-state index in [2.05, 4.69) is 31.2 Å². The van der Waals surface area contributed by atoms with E-state index < -0.39 is 11.7 Å². The molecule has 0 aliphatic heterocycles. The molecule has 0 saturated heterocycles. The third-order valence-corrected chi connectivity index (χ3v) is 4.79. The van der Waals surface area contributed by atoms with Crippen LogP contribution in [0.15, 0.2) is 46.5 Å². The number of hydrogen-bond acceptors (Lipinski definition) is 6. The van der Waals surface area contributed by atoms with Crippen molar-refractivity contribution >= 4 is 44.2 Å². The van der Waals surface area contributed by atoms with E-state index in [1.165, 1.54) is 41.8 Å². The zero-order valence-corrected chi connectivity index (χ0v) is 16.0. The van der Waals surface area contributed by atoms with E-state index in [9.17, 15) is 14.0 Å². The highest BCUT2D eigenvalue weighted by molar-refractivity contribution is 9.10. The second-order valence-electron chi connectivity index (χ2n) is 5.29. The number of rotatable bonds is 6. The first-order valence-electron chi connectivity index (χ1n) is 7.54. The maximum atomic E-state index is 14.3. The highest BCUT2D eigenvalue weighted by Crippen LogP contribution is 2.26. The Morgan fingerprint density at radius 1 is 1.33 bits per heavy atom. The third kappa shape index (κ3) is 4.86. The molecule has 0 saturated carbocycles. The van der Waals surface area contributed by atoms with E-state index in [1.54, 1.807) is 11.4 Å². The van der Waals surface area contributed by atoms with Gasteiger partial charge in [-0.15, -0.1) is 11.3 Å². The number of nitrogens with two attached hydrogens (primary N) is 1. The number of amides is 2. The van der Waals surface area contributed by atoms with Gasteiger partial charge in [-0.25, -0.2) is 14.4 Å². The van der Waals surface area contributed by atoms with Gasteiger partial charge >= 0.3 is 0 Å². The number of anilines is 1. The summed E-state index contributed by atoms with van der Waals surface area (Å²) >= 11 is 4.47. The van der Waals surface area contributed by atoms with Crippen molar-refractivity contribution in [3.63, 3.8) is 0 Å². The van der Waals surface area contributed by atoms with E-state index in [0.29, 0.717) is 15.3 Å². The van der Waals surface area contributed by atoms with Crippen LogP contribution >= 0.6 is 27.3 Å². The monoisotopic (exact) mass is 450 g/mol. The summed E-state index contributed by atoms with van der Waals surface area (Å²) in [5.74, 6) is -1.99. The number of primary amides is 1. The second-order valence-corrected chi connectivity index (χ2v) is 6.96. The smallest absolute Gasteiger partial charge is 0.254 e. The van der Waals surface area contributed by atoms with Crippen molar-refractivity contribution in [2.75, 3.05) is 5.32 Å². The maximum Gasteiger partial charge on any atom is 0.254 e. The fourth-order valence-electron chi connectivity index (χ4n) is 2.16. The number of benzene rings is 1. The molecule has 0 aliphatic rings. The Balaban J connectivity index is 1.70. The summed E-state index contributed by atoms with van der Waals surface area (Å²) in [5.41, 5.74) is 5.73. The van der Waals surface area contributed by atoms with Crippen LogP contribution in [0.2, 0.25) is 0 Å². The Morgan fingerprint density at radius 2 is 2.15 bits per heavy atom. The molecule has 138 valence electrons. The summed E-state index contributed by atoms with van der Waals surface area (Å²) in [7, 11) is 0. The molecule has 3 rings (SSSR count). The Bertz CT molecular complexity index is 1010. The first kappa shape index (κ1) is 18.9. The van der Waals surface area contributed by atoms with Crippen LogP contribution in [0.4, 0.5) is 9.52 Å². The highest BCUT2D eigenvalue weighted by Gasteiger charge is 2.15. The topological polar surface area (TPSA) is 107 Å². The maximum absolute atomic E-state index is 14.3. The number of carbonyl (C=O) groups is 2. The minimum Gasteiger partial charge on any atom is -0.435 e. The van der Waals surface area contributed by atoms with Crippen molar-refractivity contribution in [1.82, 2.24) is 9.97 Å². The van der Waals surface area contributed by atoms with E-state index in [4.69, 9.17) is 10.5 Å². The number of nitrogens with zero attached hydrogens (tertiary/aromatic N) is 2. The number of carbonyl (C=O) groups excluding carboxylic acids is 2. The van der Waals surface area contributed by atoms with Gasteiger partial charge in [-0.05, 0) is 45.8 Å². The average Bonchev–Trinajstić information content (AvgIpc) is 3.02. The molecule has 2 aromatic heterocycles. The van der Waals surface area contributed by atoms with Gasteiger partial charge in [-0.3, -0.25) is 9.59 Å². The van der Waals surface area contributed by atoms with Crippen molar-refractivity contribution < 1.29 is 18.7 Å². The van der Waals surface area contributed by atoms with Crippen LogP contribution in [0.3, 0.4) is 0 Å². The molecule has 7 nitrogen and oxygen atoms in total. The van der Waals surface area contributed by atoms with Gasteiger partial charge in [0.25, 0.3) is 5.91 Å². The predicted molar refractivity (Wildman–Crippen MR) is 101 cm³/mol. The van der Waals surface area contributed by atoms with Crippen molar-refractivity contribution in [3.05, 3.63) is 63.5 Å². The summed E-state index contributed by atoms with van der Waals surface area (Å²) in [5, 5.41) is 4.81. The van der Waals surface area contributed by atoms with E-state index >= 15 is 0 Å². The lowest BCUT2D eigenvalue weighted by Gasteiger charge is -2.09. The second kappa shape index (κ2) is 8.23. The summed E-state index contributed by atoms with van der Waals surface area (Å²) in [6.07, 6.45) is 1.36. The fourth-order valence-corrected chi connectivity index (χ4v) is 3.32. The number of ether oxygens (including phenoxy) is 1. The number of hydrogen-bond donors (Lipinski definition) is 2. The van der Waals surface area contributed by atoms with Crippen molar-refractivity contribution in [1.29, 1.82) is 0 Å². The fraction of sp³-hybridized carbons (Fsp3) is 0.0588. The Hall–Kier alpha value is -2.85. The third-order valence-electron chi connectivity index (χ3n) is 3.33. The number of aromatic nitrogens is 2. The molecule has 0 fully saturated rings. The van der Waals surface area contributed by atoms with E-state index in [-0.39, 0.29) is 29.5 Å². The molecule has 10 heteroatoms. The molecule has 27 heavy (non-hydrogen) atoms. The minimum atomic E-state index is -0.736. The minimum absolute atomic E-state index is 0.0370. The highest BCUT2D eigenvalue weighted by atomic mass is 79.9. The van der Waals surface area contributed by atoms with Crippen LogP contribution < -0.4 is 15.8 Å². The van der Waals surface area contributed by atoms with Crippen molar-refractivity contribution in [2.24, 2.45) is 5.73 Å². The Kier molecular flexibility index (Phi) is 5.77. The number of thiazole rings is 1. The van der Waals surface area contributed by atoms with Crippen LogP contribution in [0.5, 0.6) is 11.6 Å². The lowest BCUT2D eigenvalue weighted by molar-refractivity contribution is -0.115. The van der Waals surface area contributed by atoms with Gasteiger partial charge in [0.15, 0.2) is 16.7 Å². The van der Waals surface area contributed by atoms with Gasteiger partial charge in [-0.1, -0.05) is 6.07 Å². The van der Waals surface area contributed by atoms with Crippen LogP contribution in [0, 0.1) is 5.82 Å². The Labute approximate surface area is 165 Å². The molecule has 0 bridgehead atoms. The Morgan fingerprint density at radius 3 is 2.81 bits per heavy atom. The van der Waals surface area contributed by atoms with Crippen LogP contribution in [-0.2, 0) is 11.2 Å². The van der Waals surface area contributed by atoms with Crippen LogP contribution in [0.1, 0.15) is 15.9 Å². The van der Waals surface area contributed by atoms with E-state index in [1.807, 2.05) is 0 Å². The summed E-state index contributed by atoms with van der Waals surface area (Å²) in [6, 6.07) is 7.03. The molecule has 0 spiro atoms. The molecule has 1 aromatic carbocycles. The molecule has 3 N–H and O–H groups in total. The normalized spacial score (nSPS) is 10.4. The summed E-state index contributed by atoms with van der Waals surface area (Å²) < 4.78 is 20.3. The van der Waals surface area contributed by atoms with Gasteiger partial charge < -0.3 is 15.8 Å². The first-order valence-corrected chi connectivity index (χ1v) is 9.21. The van der Waals surface area contributed by atoms with Gasteiger partial charge in [0.1, 0.15) is 10.2 Å². The lowest BCUT2D eigenvalue weighted by atomic mass is 10.1. The van der Waals surface area contributed by atoms with Gasteiger partial charge in [0.05, 0.1) is 6.42 Å². The molecule has 0 aliphatic carbocycles. The molecule has 3 aromatic rings. The largest absolute Gasteiger partial charge is 0.435 e. The zero-order valence-electron chi connectivity index (χ0n) is 13.6. The van der Waals surface area contributed by atoms with E-state index in [0.717, 1.165) is 0 Å².